The molecule has 2 aromatic carbocycles. The molecule has 0 N–H and O–H groups in total. The molecular formula is C14H10F6S2. The van der Waals surface area contributed by atoms with Crippen molar-refractivity contribution < 1.29 is 26.3 Å². The third-order valence-corrected chi connectivity index (χ3v) is 4.61. The van der Waals surface area contributed by atoms with Gasteiger partial charge in [-0.3, -0.25) is 0 Å². The van der Waals surface area contributed by atoms with Crippen LogP contribution in [0.5, 0.6) is 0 Å². The lowest BCUT2D eigenvalue weighted by molar-refractivity contribution is 0.361. The first-order chi connectivity index (χ1) is 9.91. The minimum atomic E-state index is -2.18. The van der Waals surface area contributed by atoms with Crippen molar-refractivity contribution in [2.24, 2.45) is 0 Å². The average molecular weight is 356 g/mol. The molecule has 0 aliphatic rings. The minimum Gasteiger partial charge on any atom is -0.207 e. The van der Waals surface area contributed by atoms with Crippen LogP contribution in [0.3, 0.4) is 0 Å². The van der Waals surface area contributed by atoms with Crippen molar-refractivity contribution in [3.63, 3.8) is 0 Å². The lowest BCUT2D eigenvalue weighted by Crippen LogP contribution is -2.03. The Morgan fingerprint density at radius 2 is 1.09 bits per heavy atom. The van der Waals surface area contributed by atoms with Gasteiger partial charge in [-0.15, -0.1) is 23.5 Å². The van der Waals surface area contributed by atoms with Crippen molar-refractivity contribution in [2.45, 2.75) is 17.2 Å². The van der Waals surface area contributed by atoms with Crippen LogP contribution in [0, 0.1) is 34.9 Å². The number of halogens is 6. The molecule has 120 valence electrons. The van der Waals surface area contributed by atoms with Gasteiger partial charge in [-0.2, -0.15) is 0 Å². The first-order valence-corrected chi connectivity index (χ1v) is 7.41. The first-order valence-electron chi connectivity index (χ1n) is 5.44. The zero-order valence-corrected chi connectivity index (χ0v) is 11.7. The monoisotopic (exact) mass is 356 g/mol. The lowest BCUT2D eigenvalue weighted by atomic mass is 10.3. The Balaban J connectivity index is 0.00000242. The normalized spacial score (nSPS) is 10.5. The lowest BCUT2D eigenvalue weighted by Gasteiger charge is -2.07. The molecule has 0 radical (unpaired) electrons. The molecule has 2 aromatic rings. The number of rotatable bonds is 4. The van der Waals surface area contributed by atoms with E-state index in [4.69, 9.17) is 0 Å². The second-order valence-electron chi connectivity index (χ2n) is 3.76. The number of thioether (sulfide) groups is 2. The van der Waals surface area contributed by atoms with Crippen LogP contribution in [0.15, 0.2) is 34.1 Å². The summed E-state index contributed by atoms with van der Waals surface area (Å²) in [5.74, 6) is -10.3. The van der Waals surface area contributed by atoms with Crippen LogP contribution in [0.25, 0.3) is 0 Å². The van der Waals surface area contributed by atoms with Gasteiger partial charge in [0.15, 0.2) is 23.3 Å². The maximum atomic E-state index is 13.4. The summed E-state index contributed by atoms with van der Waals surface area (Å²) in [6.07, 6.45) is 0. The van der Waals surface area contributed by atoms with Crippen LogP contribution in [0.1, 0.15) is 7.43 Å². The van der Waals surface area contributed by atoms with E-state index in [1.807, 2.05) is 0 Å². The van der Waals surface area contributed by atoms with Crippen molar-refractivity contribution in [3.8, 4) is 0 Å². The molecule has 22 heavy (non-hydrogen) atoms. The number of hydrogen-bond donors (Lipinski definition) is 0. The molecule has 0 fully saturated rings. The van der Waals surface area contributed by atoms with Crippen molar-refractivity contribution in [3.05, 3.63) is 59.2 Å². The highest BCUT2D eigenvalue weighted by Gasteiger charge is 2.25. The molecule has 2 rings (SSSR count). The molecule has 8 heteroatoms. The van der Waals surface area contributed by atoms with Crippen molar-refractivity contribution in [1.29, 1.82) is 0 Å². The van der Waals surface area contributed by atoms with Gasteiger partial charge >= 0.3 is 0 Å². The highest BCUT2D eigenvalue weighted by molar-refractivity contribution is 8.16. The number of hydrogen-bond acceptors (Lipinski definition) is 2. The zero-order valence-electron chi connectivity index (χ0n) is 10.1. The molecule has 0 amide bonds. The molecule has 0 heterocycles. The summed E-state index contributed by atoms with van der Waals surface area (Å²) in [6.45, 7) is 0. The van der Waals surface area contributed by atoms with Gasteiger partial charge in [0.05, 0.1) is 4.90 Å². The molecule has 0 aromatic heterocycles. The molecule has 0 saturated heterocycles. The molecule has 0 bridgehead atoms. The Morgan fingerprint density at radius 3 is 1.59 bits per heavy atom. The molecule has 0 nitrogen and oxygen atoms in total. The molecule has 0 spiro atoms. The largest absolute Gasteiger partial charge is 0.207 e. The third kappa shape index (κ3) is 3.92. The molecule has 0 aliphatic heterocycles. The second kappa shape index (κ2) is 7.82. The molecule has 0 aliphatic carbocycles. The average Bonchev–Trinajstić information content (AvgIpc) is 2.48. The van der Waals surface area contributed by atoms with Gasteiger partial charge in [-0.25, -0.2) is 26.3 Å². The number of benzene rings is 2. The SMILES string of the molecule is C.Fc1ccc(SCSc2c(F)c(F)c(F)c(F)c2F)cc1. The Bertz CT molecular complexity index is 628. The summed E-state index contributed by atoms with van der Waals surface area (Å²) in [6, 6.07) is 5.29. The van der Waals surface area contributed by atoms with Crippen LogP contribution in [-0.4, -0.2) is 5.08 Å². The Hall–Kier alpha value is -1.28. The van der Waals surface area contributed by atoms with Gasteiger partial charge in [-0.05, 0) is 24.3 Å². The van der Waals surface area contributed by atoms with E-state index < -0.39 is 39.8 Å². The van der Waals surface area contributed by atoms with Gasteiger partial charge in [0.2, 0.25) is 5.82 Å². The Morgan fingerprint density at radius 1 is 0.636 bits per heavy atom. The minimum absolute atomic E-state index is 0. The summed E-state index contributed by atoms with van der Waals surface area (Å²) in [4.78, 5) is -0.325. The van der Waals surface area contributed by atoms with Gasteiger partial charge in [-0.1, -0.05) is 7.43 Å². The fourth-order valence-corrected chi connectivity index (χ4v) is 3.41. The summed E-state index contributed by atoms with van der Waals surface area (Å²) >= 11 is 1.56. The van der Waals surface area contributed by atoms with Crippen molar-refractivity contribution in [2.75, 3.05) is 5.08 Å². The Labute approximate surface area is 131 Å². The van der Waals surface area contributed by atoms with E-state index in [9.17, 15) is 26.3 Å². The second-order valence-corrected chi connectivity index (χ2v) is 6.16. The predicted octanol–water partition coefficient (Wildman–Crippen LogP) is 6.00. The fraction of sp³-hybridized carbons (Fsp3) is 0.143. The van der Waals surface area contributed by atoms with Crippen LogP contribution in [0.4, 0.5) is 26.3 Å². The van der Waals surface area contributed by atoms with E-state index in [0.717, 1.165) is 11.8 Å². The summed E-state index contributed by atoms with van der Waals surface area (Å²) in [5, 5.41) is 0.00395. The summed E-state index contributed by atoms with van der Waals surface area (Å²) in [7, 11) is 0. The van der Waals surface area contributed by atoms with E-state index >= 15 is 0 Å². The summed E-state index contributed by atoms with van der Waals surface area (Å²) < 4.78 is 78.2. The van der Waals surface area contributed by atoms with Crippen LogP contribution < -0.4 is 0 Å². The quantitative estimate of drug-likeness (QED) is 0.217. The molecular weight excluding hydrogens is 346 g/mol. The van der Waals surface area contributed by atoms with Gasteiger partial charge in [0, 0.05) is 9.98 Å². The maximum absolute atomic E-state index is 13.4. The first kappa shape index (κ1) is 18.8. The van der Waals surface area contributed by atoms with E-state index in [2.05, 4.69) is 0 Å². The highest BCUT2D eigenvalue weighted by Crippen LogP contribution is 2.34. The Kier molecular flexibility index (Phi) is 6.67. The van der Waals surface area contributed by atoms with Crippen LogP contribution in [-0.2, 0) is 0 Å². The van der Waals surface area contributed by atoms with Gasteiger partial charge in [0.1, 0.15) is 5.82 Å². The predicted molar refractivity (Wildman–Crippen MR) is 75.9 cm³/mol. The van der Waals surface area contributed by atoms with Gasteiger partial charge in [0.25, 0.3) is 0 Å². The van der Waals surface area contributed by atoms with E-state index in [1.54, 1.807) is 0 Å². The van der Waals surface area contributed by atoms with E-state index in [1.165, 1.54) is 24.3 Å². The maximum Gasteiger partial charge on any atom is 0.200 e. The van der Waals surface area contributed by atoms with E-state index in [0.29, 0.717) is 16.7 Å². The standard InChI is InChI=1S/C13H6F6S2.CH4/c14-6-1-3-7(4-2-6)20-5-21-13-11(18)9(16)8(15)10(17)12(13)19;/h1-4H,5H2;1H4. The smallest absolute Gasteiger partial charge is 0.200 e. The zero-order chi connectivity index (χ0) is 15.6. The molecule has 0 atom stereocenters. The molecule has 0 saturated carbocycles. The topological polar surface area (TPSA) is 0 Å². The van der Waals surface area contributed by atoms with Crippen molar-refractivity contribution in [1.82, 2.24) is 0 Å². The van der Waals surface area contributed by atoms with Crippen LogP contribution >= 0.6 is 23.5 Å². The van der Waals surface area contributed by atoms with E-state index in [-0.39, 0.29) is 12.5 Å². The highest BCUT2D eigenvalue weighted by atomic mass is 32.2. The van der Waals surface area contributed by atoms with Gasteiger partial charge < -0.3 is 0 Å². The fourth-order valence-electron chi connectivity index (χ4n) is 1.40. The molecule has 0 unspecified atom stereocenters. The van der Waals surface area contributed by atoms with Crippen molar-refractivity contribution >= 4 is 23.5 Å². The third-order valence-electron chi connectivity index (χ3n) is 2.41. The van der Waals surface area contributed by atoms with Crippen LogP contribution in [0.2, 0.25) is 0 Å². The summed E-state index contributed by atoms with van der Waals surface area (Å²) in [5.41, 5.74) is 0.